The molecule has 0 aliphatic rings. The molecule has 6 heteroatoms. The number of aliphatic hydroxyl groups excluding tert-OH is 1. The summed E-state index contributed by atoms with van der Waals surface area (Å²) in [4.78, 5) is 12.0. The number of nitrogens with one attached hydrogen (secondary N) is 1. The maximum Gasteiger partial charge on any atom is 0.407 e. The zero-order chi connectivity index (χ0) is 18.5. The van der Waals surface area contributed by atoms with Crippen molar-refractivity contribution in [3.8, 4) is 0 Å². The summed E-state index contributed by atoms with van der Waals surface area (Å²) in [6.07, 6.45) is 0.799. The molecule has 0 bridgehead atoms. The van der Waals surface area contributed by atoms with E-state index in [1.165, 1.54) is 0 Å². The van der Waals surface area contributed by atoms with E-state index in [0.717, 1.165) is 0 Å². The van der Waals surface area contributed by atoms with E-state index in [1.807, 2.05) is 27.7 Å². The molecule has 2 atom stereocenters. The quantitative estimate of drug-likeness (QED) is 0.681. The van der Waals surface area contributed by atoms with E-state index in [1.54, 1.807) is 0 Å². The molecule has 0 spiro atoms. The first-order valence-electron chi connectivity index (χ1n) is 8.48. The molecule has 0 fully saturated rings. The molecule has 0 saturated carbocycles. The second-order valence-corrected chi connectivity index (χ2v) is 13.5. The van der Waals surface area contributed by atoms with Gasteiger partial charge in [-0.15, -0.1) is 0 Å². The second-order valence-electron chi connectivity index (χ2n) is 8.72. The van der Waals surface area contributed by atoms with Gasteiger partial charge in [-0.3, -0.25) is 0 Å². The van der Waals surface area contributed by atoms with Crippen molar-refractivity contribution in [1.29, 1.82) is 0 Å². The molecule has 0 aromatic rings. The monoisotopic (exact) mass is 347 g/mol. The van der Waals surface area contributed by atoms with Crippen molar-refractivity contribution in [2.75, 3.05) is 6.61 Å². The van der Waals surface area contributed by atoms with E-state index in [4.69, 9.17) is 14.3 Å². The van der Waals surface area contributed by atoms with E-state index in [9.17, 15) is 4.79 Å². The molecule has 0 heterocycles. The van der Waals surface area contributed by atoms with Gasteiger partial charge in [0.05, 0.1) is 12.1 Å². The Morgan fingerprint density at radius 3 is 2.09 bits per heavy atom. The topological polar surface area (TPSA) is 67.8 Å². The van der Waals surface area contributed by atoms with Crippen LogP contribution in [0, 0.1) is 0 Å². The molecule has 0 aromatic heterocycles. The summed E-state index contributed by atoms with van der Waals surface area (Å²) < 4.78 is 11.8. The molecule has 0 aliphatic carbocycles. The van der Waals surface area contributed by atoms with Gasteiger partial charge in [0.2, 0.25) is 0 Å². The minimum absolute atomic E-state index is 0.0934. The highest BCUT2D eigenvalue weighted by atomic mass is 28.4. The Balaban J connectivity index is 4.92. The number of rotatable bonds is 7. The van der Waals surface area contributed by atoms with Crippen molar-refractivity contribution < 1.29 is 19.1 Å². The SMILES string of the molecule is C[C@H](NC(=O)OC(C)(C)C)[C@H](CCCO)O[Si](C)(C)C(C)(C)C. The third-order valence-corrected chi connectivity index (χ3v) is 8.71. The number of hydrogen-bond acceptors (Lipinski definition) is 4. The van der Waals surface area contributed by atoms with Crippen molar-refractivity contribution in [2.45, 2.75) is 97.2 Å². The Morgan fingerprint density at radius 1 is 1.17 bits per heavy atom. The number of ether oxygens (including phenoxy) is 1. The molecule has 1 amide bonds. The first-order valence-corrected chi connectivity index (χ1v) is 11.4. The lowest BCUT2D eigenvalue weighted by Crippen LogP contribution is -2.51. The number of aliphatic hydroxyl groups is 1. The van der Waals surface area contributed by atoms with Crippen molar-refractivity contribution in [3.05, 3.63) is 0 Å². The molecule has 0 unspecified atom stereocenters. The average Bonchev–Trinajstić information content (AvgIpc) is 2.30. The maximum absolute atomic E-state index is 12.0. The van der Waals surface area contributed by atoms with Crippen molar-refractivity contribution in [2.24, 2.45) is 0 Å². The highest BCUT2D eigenvalue weighted by Gasteiger charge is 2.40. The molecule has 0 aromatic carbocycles. The predicted octanol–water partition coefficient (Wildman–Crippen LogP) is 4.06. The standard InChI is InChI=1S/C17H37NO4Si/c1-13(18-15(20)21-16(2,3)4)14(11-10-12-19)22-23(8,9)17(5,6)7/h13-14,19H,10-12H2,1-9H3,(H,18,20)/t13-,14-/m0/s1. The normalized spacial score (nSPS) is 15.9. The summed E-state index contributed by atoms with van der Waals surface area (Å²) in [5.41, 5.74) is -0.523. The van der Waals surface area contributed by atoms with Gasteiger partial charge in [0.1, 0.15) is 5.60 Å². The molecule has 2 N–H and O–H groups in total. The fraction of sp³-hybridized carbons (Fsp3) is 0.941. The molecule has 23 heavy (non-hydrogen) atoms. The van der Waals surface area contributed by atoms with Gasteiger partial charge in [-0.05, 0) is 58.7 Å². The van der Waals surface area contributed by atoms with Crippen LogP contribution < -0.4 is 5.32 Å². The van der Waals surface area contributed by atoms with Gasteiger partial charge in [0.25, 0.3) is 0 Å². The molecular weight excluding hydrogens is 310 g/mol. The number of carbonyl (C=O) groups excluding carboxylic acids is 1. The zero-order valence-electron chi connectivity index (χ0n) is 16.4. The number of hydrogen-bond donors (Lipinski definition) is 2. The van der Waals surface area contributed by atoms with Crippen molar-refractivity contribution in [3.63, 3.8) is 0 Å². The number of alkyl carbamates (subject to hydrolysis) is 1. The Bertz CT molecular complexity index is 372. The van der Waals surface area contributed by atoms with Crippen LogP contribution in [0.1, 0.15) is 61.3 Å². The maximum atomic E-state index is 12.0. The van der Waals surface area contributed by atoms with Crippen LogP contribution in [0.15, 0.2) is 0 Å². The van der Waals surface area contributed by atoms with Gasteiger partial charge < -0.3 is 19.6 Å². The minimum atomic E-state index is -1.95. The molecule has 0 aliphatic heterocycles. The second kappa shape index (κ2) is 8.49. The van der Waals surface area contributed by atoms with Crippen molar-refractivity contribution in [1.82, 2.24) is 5.32 Å². The van der Waals surface area contributed by atoms with Crippen molar-refractivity contribution >= 4 is 14.4 Å². The van der Waals surface area contributed by atoms with Crippen LogP contribution in [0.3, 0.4) is 0 Å². The summed E-state index contributed by atoms with van der Waals surface area (Å²) in [6, 6.07) is -0.175. The molecule has 5 nitrogen and oxygen atoms in total. The third-order valence-electron chi connectivity index (χ3n) is 4.20. The first-order chi connectivity index (χ1) is 10.2. The first kappa shape index (κ1) is 22.4. The molecule has 138 valence electrons. The lowest BCUT2D eigenvalue weighted by molar-refractivity contribution is 0.0434. The average molecular weight is 348 g/mol. The number of amides is 1. The highest BCUT2D eigenvalue weighted by molar-refractivity contribution is 6.74. The van der Waals surface area contributed by atoms with E-state index in [2.05, 4.69) is 39.2 Å². The molecule has 0 radical (unpaired) electrons. The highest BCUT2D eigenvalue weighted by Crippen LogP contribution is 2.38. The lowest BCUT2D eigenvalue weighted by Gasteiger charge is -2.41. The third kappa shape index (κ3) is 8.72. The van der Waals surface area contributed by atoms with Crippen LogP contribution in [0.2, 0.25) is 18.1 Å². The van der Waals surface area contributed by atoms with Crippen LogP contribution >= 0.6 is 0 Å². The lowest BCUT2D eigenvalue weighted by atomic mass is 10.1. The van der Waals surface area contributed by atoms with Gasteiger partial charge in [-0.2, -0.15) is 0 Å². The van der Waals surface area contributed by atoms with E-state index in [0.29, 0.717) is 12.8 Å². The largest absolute Gasteiger partial charge is 0.444 e. The Labute approximate surface area is 143 Å². The smallest absolute Gasteiger partial charge is 0.407 e. The Morgan fingerprint density at radius 2 is 1.70 bits per heavy atom. The van der Waals surface area contributed by atoms with Gasteiger partial charge in [-0.25, -0.2) is 4.79 Å². The zero-order valence-corrected chi connectivity index (χ0v) is 17.4. The van der Waals surface area contributed by atoms with Crippen LogP contribution in [-0.2, 0) is 9.16 Å². The molecule has 0 saturated heterocycles. The summed E-state index contributed by atoms with van der Waals surface area (Å²) in [7, 11) is -1.95. The van der Waals surface area contributed by atoms with Crippen LogP contribution in [-0.4, -0.2) is 43.9 Å². The van der Waals surface area contributed by atoms with E-state index in [-0.39, 0.29) is 23.8 Å². The van der Waals surface area contributed by atoms with Crippen LogP contribution in [0.4, 0.5) is 4.79 Å². The van der Waals surface area contributed by atoms with Crippen LogP contribution in [0.25, 0.3) is 0 Å². The Kier molecular flexibility index (Phi) is 8.27. The minimum Gasteiger partial charge on any atom is -0.444 e. The Hall–Kier alpha value is -0.593. The van der Waals surface area contributed by atoms with Gasteiger partial charge >= 0.3 is 6.09 Å². The predicted molar refractivity (Wildman–Crippen MR) is 97.2 cm³/mol. The fourth-order valence-electron chi connectivity index (χ4n) is 1.85. The fourth-order valence-corrected chi connectivity index (χ4v) is 3.28. The van der Waals surface area contributed by atoms with E-state index < -0.39 is 20.0 Å². The van der Waals surface area contributed by atoms with Gasteiger partial charge in [-0.1, -0.05) is 20.8 Å². The molecular formula is C17H37NO4Si. The molecule has 0 rings (SSSR count). The summed E-state index contributed by atoms with van der Waals surface area (Å²) in [5.74, 6) is 0. The summed E-state index contributed by atoms with van der Waals surface area (Å²) >= 11 is 0. The summed E-state index contributed by atoms with van der Waals surface area (Å²) in [6.45, 7) is 18.5. The van der Waals surface area contributed by atoms with Crippen LogP contribution in [0.5, 0.6) is 0 Å². The van der Waals surface area contributed by atoms with Gasteiger partial charge in [0.15, 0.2) is 8.32 Å². The summed E-state index contributed by atoms with van der Waals surface area (Å²) in [5, 5.41) is 12.1. The number of carbonyl (C=O) groups is 1. The van der Waals surface area contributed by atoms with E-state index >= 15 is 0 Å². The van der Waals surface area contributed by atoms with Gasteiger partial charge in [0, 0.05) is 6.61 Å².